The Kier molecular flexibility index (Phi) is 3.06. The summed E-state index contributed by atoms with van der Waals surface area (Å²) in [5.41, 5.74) is 2.73. The van der Waals surface area contributed by atoms with Crippen molar-refractivity contribution in [2.24, 2.45) is 0 Å². The third kappa shape index (κ3) is 2.20. The molecule has 2 N–H and O–H groups in total. The summed E-state index contributed by atoms with van der Waals surface area (Å²) in [6.07, 6.45) is 0.646. The van der Waals surface area contributed by atoms with Crippen LogP contribution in [-0.4, -0.2) is 27.6 Å². The van der Waals surface area contributed by atoms with Crippen molar-refractivity contribution in [3.63, 3.8) is 0 Å². The summed E-state index contributed by atoms with van der Waals surface area (Å²) < 4.78 is 0. The highest BCUT2D eigenvalue weighted by Gasteiger charge is 2.26. The molecule has 0 saturated carbocycles. The maximum absolute atomic E-state index is 12.2. The summed E-state index contributed by atoms with van der Waals surface area (Å²) >= 11 is 0. The lowest BCUT2D eigenvalue weighted by Gasteiger charge is -2.15. The van der Waals surface area contributed by atoms with Crippen LogP contribution in [0.2, 0.25) is 0 Å². The van der Waals surface area contributed by atoms with Gasteiger partial charge in [-0.25, -0.2) is 0 Å². The normalized spacial score (nSPS) is 13.6. The fourth-order valence-corrected chi connectivity index (χ4v) is 2.48. The van der Waals surface area contributed by atoms with Crippen molar-refractivity contribution in [1.29, 1.82) is 0 Å². The Morgan fingerprint density at radius 2 is 1.85 bits per heavy atom. The molecule has 1 aliphatic heterocycles. The summed E-state index contributed by atoms with van der Waals surface area (Å²) in [7, 11) is 0. The van der Waals surface area contributed by atoms with Crippen molar-refractivity contribution < 1.29 is 15.0 Å². The molecule has 0 unspecified atom stereocenters. The fraction of sp³-hybridized carbons (Fsp3) is 0.188. The minimum atomic E-state index is -0.126. The van der Waals surface area contributed by atoms with Crippen molar-refractivity contribution in [2.45, 2.75) is 13.0 Å². The molecule has 102 valence electrons. The number of phenolic OH excluding ortho intramolecular Hbond substituents is 2. The average Bonchev–Trinajstić information content (AvgIpc) is 2.77. The van der Waals surface area contributed by atoms with E-state index in [0.717, 1.165) is 16.7 Å². The van der Waals surface area contributed by atoms with E-state index in [4.69, 9.17) is 0 Å². The van der Waals surface area contributed by atoms with Gasteiger partial charge in [-0.05, 0) is 35.7 Å². The zero-order valence-corrected chi connectivity index (χ0v) is 10.9. The number of fused-ring (bicyclic) bond motifs is 1. The molecule has 1 amide bonds. The van der Waals surface area contributed by atoms with Gasteiger partial charge in [0.15, 0.2) is 11.5 Å². The van der Waals surface area contributed by atoms with Gasteiger partial charge in [0.25, 0.3) is 5.91 Å². The van der Waals surface area contributed by atoms with Gasteiger partial charge in [0, 0.05) is 18.7 Å². The van der Waals surface area contributed by atoms with Gasteiger partial charge in [0.2, 0.25) is 0 Å². The molecular formula is C16H15NO3. The number of rotatable bonds is 3. The molecule has 0 fully saturated rings. The van der Waals surface area contributed by atoms with Gasteiger partial charge in [-0.15, -0.1) is 0 Å². The minimum Gasteiger partial charge on any atom is -0.504 e. The molecule has 0 spiro atoms. The zero-order chi connectivity index (χ0) is 14.1. The lowest BCUT2D eigenvalue weighted by atomic mass is 10.1. The maximum atomic E-state index is 12.2. The number of carbonyl (C=O) groups excluding carboxylic acids is 1. The molecule has 0 bridgehead atoms. The standard InChI is InChI=1S/C16H15NO3/c18-14-6-5-11(9-15(14)19)7-8-17-10-12-3-1-2-4-13(12)16(17)20/h1-6,9,18-19H,7-8,10H2. The third-order valence-electron chi connectivity index (χ3n) is 3.61. The second-order valence-corrected chi connectivity index (χ2v) is 4.96. The van der Waals surface area contributed by atoms with E-state index in [9.17, 15) is 15.0 Å². The number of carbonyl (C=O) groups is 1. The molecule has 0 radical (unpaired) electrons. The Balaban J connectivity index is 1.68. The van der Waals surface area contributed by atoms with Crippen molar-refractivity contribution >= 4 is 5.91 Å². The van der Waals surface area contributed by atoms with Gasteiger partial charge in [0.05, 0.1) is 0 Å². The van der Waals surface area contributed by atoms with Crippen LogP contribution in [0.5, 0.6) is 11.5 Å². The third-order valence-corrected chi connectivity index (χ3v) is 3.61. The Morgan fingerprint density at radius 1 is 1.05 bits per heavy atom. The molecule has 20 heavy (non-hydrogen) atoms. The van der Waals surface area contributed by atoms with Crippen molar-refractivity contribution in [3.05, 3.63) is 59.2 Å². The van der Waals surface area contributed by atoms with Crippen LogP contribution in [0.4, 0.5) is 0 Å². The highest BCUT2D eigenvalue weighted by atomic mass is 16.3. The van der Waals surface area contributed by atoms with Crippen LogP contribution in [0.3, 0.4) is 0 Å². The molecule has 2 aromatic rings. The molecule has 0 saturated heterocycles. The Bertz CT molecular complexity index is 667. The largest absolute Gasteiger partial charge is 0.504 e. The number of hydrogen-bond acceptors (Lipinski definition) is 3. The Morgan fingerprint density at radius 3 is 2.60 bits per heavy atom. The van der Waals surface area contributed by atoms with Crippen molar-refractivity contribution in [1.82, 2.24) is 4.90 Å². The summed E-state index contributed by atoms with van der Waals surface area (Å²) in [6, 6.07) is 12.4. The first-order valence-electron chi connectivity index (χ1n) is 6.53. The first-order chi connectivity index (χ1) is 9.65. The van der Waals surface area contributed by atoms with Crippen LogP contribution in [0.1, 0.15) is 21.5 Å². The number of hydrogen-bond donors (Lipinski definition) is 2. The van der Waals surface area contributed by atoms with E-state index < -0.39 is 0 Å². The molecule has 4 nitrogen and oxygen atoms in total. The van der Waals surface area contributed by atoms with Gasteiger partial charge in [-0.3, -0.25) is 4.79 Å². The van der Waals surface area contributed by atoms with Gasteiger partial charge in [0.1, 0.15) is 0 Å². The van der Waals surface area contributed by atoms with E-state index in [1.54, 1.807) is 11.0 Å². The number of nitrogens with zero attached hydrogens (tertiary/aromatic N) is 1. The van der Waals surface area contributed by atoms with E-state index in [2.05, 4.69) is 0 Å². The molecule has 0 aromatic heterocycles. The number of benzene rings is 2. The van der Waals surface area contributed by atoms with Crippen LogP contribution in [0.25, 0.3) is 0 Å². The SMILES string of the molecule is O=C1c2ccccc2CN1CCc1ccc(O)c(O)c1. The summed E-state index contributed by atoms with van der Waals surface area (Å²) in [6.45, 7) is 1.23. The first kappa shape index (κ1) is 12.5. The number of aromatic hydroxyl groups is 2. The molecule has 4 heteroatoms. The van der Waals surface area contributed by atoms with Crippen LogP contribution in [0, 0.1) is 0 Å². The molecular weight excluding hydrogens is 254 g/mol. The quantitative estimate of drug-likeness (QED) is 0.840. The molecule has 2 aromatic carbocycles. The van der Waals surface area contributed by atoms with E-state index in [-0.39, 0.29) is 17.4 Å². The lowest BCUT2D eigenvalue weighted by molar-refractivity contribution is 0.0780. The maximum Gasteiger partial charge on any atom is 0.254 e. The number of phenols is 2. The van der Waals surface area contributed by atoms with Crippen LogP contribution in [0.15, 0.2) is 42.5 Å². The predicted octanol–water partition coefficient (Wildman–Crippen LogP) is 2.30. The molecule has 1 heterocycles. The molecule has 3 rings (SSSR count). The van der Waals surface area contributed by atoms with E-state index in [0.29, 0.717) is 19.5 Å². The highest BCUT2D eigenvalue weighted by molar-refractivity contribution is 5.98. The second kappa shape index (κ2) is 4.89. The summed E-state index contributed by atoms with van der Waals surface area (Å²) in [4.78, 5) is 14.0. The Hall–Kier alpha value is -2.49. The van der Waals surface area contributed by atoms with Gasteiger partial charge >= 0.3 is 0 Å². The van der Waals surface area contributed by atoms with E-state index in [1.165, 1.54) is 12.1 Å². The van der Waals surface area contributed by atoms with E-state index >= 15 is 0 Å². The molecule has 0 atom stereocenters. The summed E-state index contributed by atoms with van der Waals surface area (Å²) in [5.74, 6) is -0.194. The summed E-state index contributed by atoms with van der Waals surface area (Å²) in [5, 5.41) is 18.7. The van der Waals surface area contributed by atoms with Gasteiger partial charge in [-0.2, -0.15) is 0 Å². The first-order valence-corrected chi connectivity index (χ1v) is 6.53. The second-order valence-electron chi connectivity index (χ2n) is 4.96. The average molecular weight is 269 g/mol. The van der Waals surface area contributed by atoms with E-state index in [1.807, 2.05) is 24.3 Å². The zero-order valence-electron chi connectivity index (χ0n) is 10.9. The lowest BCUT2D eigenvalue weighted by Crippen LogP contribution is -2.26. The van der Waals surface area contributed by atoms with Crippen molar-refractivity contribution in [3.8, 4) is 11.5 Å². The van der Waals surface area contributed by atoms with Crippen LogP contribution in [-0.2, 0) is 13.0 Å². The van der Waals surface area contributed by atoms with Gasteiger partial charge in [-0.1, -0.05) is 24.3 Å². The van der Waals surface area contributed by atoms with Crippen LogP contribution < -0.4 is 0 Å². The topological polar surface area (TPSA) is 60.8 Å². The minimum absolute atomic E-state index is 0.0589. The molecule has 0 aliphatic carbocycles. The number of amides is 1. The smallest absolute Gasteiger partial charge is 0.254 e. The monoisotopic (exact) mass is 269 g/mol. The molecule has 1 aliphatic rings. The highest BCUT2D eigenvalue weighted by Crippen LogP contribution is 2.26. The van der Waals surface area contributed by atoms with Crippen LogP contribution >= 0.6 is 0 Å². The predicted molar refractivity (Wildman–Crippen MR) is 74.7 cm³/mol. The fourth-order valence-electron chi connectivity index (χ4n) is 2.48. The van der Waals surface area contributed by atoms with Gasteiger partial charge < -0.3 is 15.1 Å². The van der Waals surface area contributed by atoms with Crippen molar-refractivity contribution in [2.75, 3.05) is 6.54 Å². The Labute approximate surface area is 116 Å².